The Balaban J connectivity index is 1.89. The van der Waals surface area contributed by atoms with Crippen LogP contribution in [0.25, 0.3) is 0 Å². The van der Waals surface area contributed by atoms with Gasteiger partial charge < -0.3 is 10.6 Å². The maximum absolute atomic E-state index is 12.1. The second-order valence-corrected chi connectivity index (χ2v) is 7.34. The van der Waals surface area contributed by atoms with E-state index in [0.29, 0.717) is 13.0 Å². The van der Waals surface area contributed by atoms with Crippen molar-refractivity contribution in [1.82, 2.24) is 5.32 Å². The first-order chi connectivity index (χ1) is 11.8. The molecule has 0 saturated carbocycles. The van der Waals surface area contributed by atoms with Crippen LogP contribution in [0.1, 0.15) is 23.6 Å². The van der Waals surface area contributed by atoms with Gasteiger partial charge in [0.05, 0.1) is 4.90 Å². The highest BCUT2D eigenvalue weighted by Crippen LogP contribution is 2.20. The molecule has 0 radical (unpaired) electrons. The number of benzene rings is 2. The van der Waals surface area contributed by atoms with Gasteiger partial charge in [-0.15, -0.1) is 0 Å². The minimum atomic E-state index is -3.68. The van der Waals surface area contributed by atoms with E-state index in [-0.39, 0.29) is 10.9 Å². The second kappa shape index (κ2) is 8.13. The molecule has 0 aliphatic carbocycles. The average molecular weight is 361 g/mol. The van der Waals surface area contributed by atoms with Crippen molar-refractivity contribution >= 4 is 21.7 Å². The normalized spacial score (nSPS) is 11.2. The summed E-state index contributed by atoms with van der Waals surface area (Å²) in [5.41, 5.74) is 3.87. The number of urea groups is 1. The zero-order valence-corrected chi connectivity index (χ0v) is 15.2. The van der Waals surface area contributed by atoms with Gasteiger partial charge in [0, 0.05) is 12.2 Å². The molecule has 0 saturated heterocycles. The highest BCUT2D eigenvalue weighted by Gasteiger charge is 2.09. The van der Waals surface area contributed by atoms with Crippen LogP contribution in [0.15, 0.2) is 47.4 Å². The Morgan fingerprint density at radius 3 is 2.40 bits per heavy atom. The lowest BCUT2D eigenvalue weighted by molar-refractivity contribution is 0.252. The van der Waals surface area contributed by atoms with Crippen molar-refractivity contribution in [3.8, 4) is 0 Å². The van der Waals surface area contributed by atoms with Gasteiger partial charge in [-0.1, -0.05) is 37.3 Å². The van der Waals surface area contributed by atoms with Gasteiger partial charge in [-0.25, -0.2) is 18.4 Å². The number of nitrogens with two attached hydrogens (primary N) is 1. The summed E-state index contributed by atoms with van der Waals surface area (Å²) < 4.78 is 22.4. The first-order valence-corrected chi connectivity index (χ1v) is 9.61. The Morgan fingerprint density at radius 1 is 1.12 bits per heavy atom. The van der Waals surface area contributed by atoms with Crippen LogP contribution in [0.3, 0.4) is 0 Å². The predicted molar refractivity (Wildman–Crippen MR) is 99.1 cm³/mol. The highest BCUT2D eigenvalue weighted by atomic mass is 32.2. The van der Waals surface area contributed by atoms with Crippen LogP contribution < -0.4 is 15.8 Å². The summed E-state index contributed by atoms with van der Waals surface area (Å²) >= 11 is 0. The third-order valence-electron chi connectivity index (χ3n) is 3.93. The Morgan fingerprint density at radius 2 is 1.80 bits per heavy atom. The van der Waals surface area contributed by atoms with Gasteiger partial charge in [-0.3, -0.25) is 0 Å². The first kappa shape index (κ1) is 19.0. The number of para-hydroxylation sites is 1. The Kier molecular flexibility index (Phi) is 6.17. The van der Waals surface area contributed by atoms with Crippen LogP contribution >= 0.6 is 0 Å². The summed E-state index contributed by atoms with van der Waals surface area (Å²) in [5, 5.41) is 10.8. The van der Waals surface area contributed by atoms with Gasteiger partial charge in [0.15, 0.2) is 0 Å². The fourth-order valence-electron chi connectivity index (χ4n) is 2.53. The smallest absolute Gasteiger partial charge is 0.319 e. The molecule has 7 heteroatoms. The maximum atomic E-state index is 12.1. The summed E-state index contributed by atoms with van der Waals surface area (Å²) in [6, 6.07) is 12.0. The third-order valence-corrected chi connectivity index (χ3v) is 4.86. The van der Waals surface area contributed by atoms with Gasteiger partial charge in [0.25, 0.3) is 0 Å². The summed E-state index contributed by atoms with van der Waals surface area (Å²) in [6.45, 7) is 4.44. The van der Waals surface area contributed by atoms with Gasteiger partial charge in [0.2, 0.25) is 10.0 Å². The van der Waals surface area contributed by atoms with Gasteiger partial charge in [0.1, 0.15) is 0 Å². The lowest BCUT2D eigenvalue weighted by Gasteiger charge is -2.13. The van der Waals surface area contributed by atoms with Crippen LogP contribution in [0.2, 0.25) is 0 Å². The molecule has 0 bridgehead atoms. The number of nitrogens with one attached hydrogen (secondary N) is 2. The van der Waals surface area contributed by atoms with Gasteiger partial charge in [-0.05, 0) is 48.6 Å². The van der Waals surface area contributed by atoms with Crippen molar-refractivity contribution in [1.29, 1.82) is 0 Å². The second-order valence-electron chi connectivity index (χ2n) is 5.78. The van der Waals surface area contributed by atoms with E-state index in [1.54, 1.807) is 12.1 Å². The number of rotatable bonds is 6. The van der Waals surface area contributed by atoms with Crippen molar-refractivity contribution in [2.75, 3.05) is 11.9 Å². The average Bonchev–Trinajstić information content (AvgIpc) is 2.56. The third kappa shape index (κ3) is 5.30. The number of carbonyl (C=O) groups excluding carboxylic acids is 1. The van der Waals surface area contributed by atoms with Crippen molar-refractivity contribution in [2.45, 2.75) is 31.6 Å². The van der Waals surface area contributed by atoms with E-state index in [1.165, 1.54) is 12.1 Å². The molecule has 0 spiro atoms. The minimum Gasteiger partial charge on any atom is -0.338 e. The quantitative estimate of drug-likeness (QED) is 0.737. The predicted octanol–water partition coefficient (Wildman–Crippen LogP) is 2.57. The van der Waals surface area contributed by atoms with Crippen LogP contribution in [0, 0.1) is 6.92 Å². The zero-order valence-electron chi connectivity index (χ0n) is 14.4. The number of aryl methyl sites for hydroxylation is 2. The zero-order chi connectivity index (χ0) is 18.4. The van der Waals surface area contributed by atoms with E-state index in [1.807, 2.05) is 32.0 Å². The van der Waals surface area contributed by atoms with Gasteiger partial charge in [-0.2, -0.15) is 0 Å². The van der Waals surface area contributed by atoms with E-state index in [4.69, 9.17) is 5.14 Å². The molecule has 6 nitrogen and oxygen atoms in total. The summed E-state index contributed by atoms with van der Waals surface area (Å²) in [4.78, 5) is 12.2. The van der Waals surface area contributed by atoms with Crippen LogP contribution in [-0.2, 0) is 22.9 Å². The molecule has 2 aromatic carbocycles. The van der Waals surface area contributed by atoms with Crippen LogP contribution in [0.5, 0.6) is 0 Å². The number of carbonyl (C=O) groups is 1. The molecule has 2 amide bonds. The molecule has 0 heterocycles. The molecule has 0 aromatic heterocycles. The lowest BCUT2D eigenvalue weighted by atomic mass is 10.1. The molecule has 0 atom stereocenters. The molecule has 4 N–H and O–H groups in total. The molecule has 0 unspecified atom stereocenters. The fourth-order valence-corrected chi connectivity index (χ4v) is 3.04. The molecular formula is C18H23N3O3S. The monoisotopic (exact) mass is 361 g/mol. The number of hydrogen-bond donors (Lipinski definition) is 3. The Labute approximate surface area is 148 Å². The molecule has 25 heavy (non-hydrogen) atoms. The molecule has 2 rings (SSSR count). The molecule has 0 aliphatic heterocycles. The lowest BCUT2D eigenvalue weighted by Crippen LogP contribution is -2.31. The number of hydrogen-bond acceptors (Lipinski definition) is 3. The number of amides is 2. The molecular weight excluding hydrogens is 338 g/mol. The molecule has 2 aromatic rings. The SMILES string of the molecule is CCc1cccc(C)c1NC(=O)NCCc1ccc(S(N)(=O)=O)cc1. The number of anilines is 1. The standard InChI is InChI=1S/C18H23N3O3S/c1-3-15-6-4-5-13(2)17(15)21-18(22)20-12-11-14-7-9-16(10-8-14)25(19,23)24/h4-10H,3,11-12H2,1-2H3,(H2,19,23,24)(H2,20,21,22). The van der Waals surface area contributed by atoms with Crippen LogP contribution in [-0.4, -0.2) is 21.0 Å². The fraction of sp³-hybridized carbons (Fsp3) is 0.278. The highest BCUT2D eigenvalue weighted by molar-refractivity contribution is 7.89. The van der Waals surface area contributed by atoms with E-state index < -0.39 is 10.0 Å². The number of primary sulfonamides is 1. The minimum absolute atomic E-state index is 0.0774. The summed E-state index contributed by atoms with van der Waals surface area (Å²) in [6.07, 6.45) is 1.43. The Hall–Kier alpha value is -2.38. The van der Waals surface area contributed by atoms with Crippen molar-refractivity contribution < 1.29 is 13.2 Å². The van der Waals surface area contributed by atoms with Crippen molar-refractivity contribution in [3.63, 3.8) is 0 Å². The van der Waals surface area contributed by atoms with Crippen molar-refractivity contribution in [2.24, 2.45) is 5.14 Å². The summed E-state index contributed by atoms with van der Waals surface area (Å²) in [7, 11) is -3.68. The van der Waals surface area contributed by atoms with E-state index in [9.17, 15) is 13.2 Å². The maximum Gasteiger partial charge on any atom is 0.319 e. The van der Waals surface area contributed by atoms with E-state index in [2.05, 4.69) is 10.6 Å². The largest absolute Gasteiger partial charge is 0.338 e. The summed E-state index contributed by atoms with van der Waals surface area (Å²) in [5.74, 6) is 0. The molecule has 0 aliphatic rings. The van der Waals surface area contributed by atoms with Gasteiger partial charge >= 0.3 is 6.03 Å². The topological polar surface area (TPSA) is 101 Å². The van der Waals surface area contributed by atoms with Crippen LogP contribution in [0.4, 0.5) is 10.5 Å². The molecule has 134 valence electrons. The van der Waals surface area contributed by atoms with E-state index in [0.717, 1.165) is 28.8 Å². The Bertz CT molecular complexity index is 846. The first-order valence-electron chi connectivity index (χ1n) is 8.06. The number of sulfonamides is 1. The van der Waals surface area contributed by atoms with Crippen molar-refractivity contribution in [3.05, 3.63) is 59.2 Å². The van der Waals surface area contributed by atoms with E-state index >= 15 is 0 Å². The molecule has 0 fully saturated rings.